The van der Waals surface area contributed by atoms with E-state index in [4.69, 9.17) is 6.57 Å². The third kappa shape index (κ3) is 5.33. The lowest BCUT2D eigenvalue weighted by Gasteiger charge is -2.05. The fourth-order valence-corrected chi connectivity index (χ4v) is 2.03. The molecule has 1 heterocycles. The van der Waals surface area contributed by atoms with Crippen molar-refractivity contribution in [3.63, 3.8) is 0 Å². The molecule has 0 bridgehead atoms. The van der Waals surface area contributed by atoms with Crippen molar-refractivity contribution in [2.24, 2.45) is 0 Å². The van der Waals surface area contributed by atoms with E-state index in [1.54, 1.807) is 6.07 Å². The van der Waals surface area contributed by atoms with Crippen molar-refractivity contribution in [1.29, 1.82) is 0 Å². The number of aryl methyl sites for hydroxylation is 1. The summed E-state index contributed by atoms with van der Waals surface area (Å²) < 4.78 is 0. The first kappa shape index (κ1) is 15.6. The van der Waals surface area contributed by atoms with Gasteiger partial charge in [0.25, 0.3) is 0 Å². The second-order valence-electron chi connectivity index (χ2n) is 4.96. The van der Waals surface area contributed by atoms with E-state index in [1.165, 1.54) is 0 Å². The van der Waals surface area contributed by atoms with Crippen LogP contribution in [0.1, 0.15) is 24.1 Å². The van der Waals surface area contributed by atoms with Gasteiger partial charge in [0.2, 0.25) is 12.5 Å². The predicted octanol–water partition coefficient (Wildman–Crippen LogP) is 2.90. The minimum absolute atomic E-state index is 0.106. The van der Waals surface area contributed by atoms with E-state index >= 15 is 0 Å². The summed E-state index contributed by atoms with van der Waals surface area (Å²) in [4.78, 5) is 15.2. The Morgan fingerprint density at radius 1 is 1.09 bits per heavy atom. The third-order valence-corrected chi connectivity index (χ3v) is 3.15. The largest absolute Gasteiger partial charge is 0.317 e. The van der Waals surface area contributed by atoms with Crippen molar-refractivity contribution >= 4 is 11.7 Å². The monoisotopic (exact) mass is 294 g/mol. The van der Waals surface area contributed by atoms with E-state index in [2.05, 4.69) is 20.4 Å². The van der Waals surface area contributed by atoms with Crippen LogP contribution < -0.4 is 5.32 Å². The van der Waals surface area contributed by atoms with E-state index in [-0.39, 0.29) is 5.91 Å². The molecule has 0 atom stereocenters. The average molecular weight is 294 g/mol. The van der Waals surface area contributed by atoms with Crippen molar-refractivity contribution in [3.05, 3.63) is 65.1 Å². The highest BCUT2D eigenvalue weighted by Crippen LogP contribution is 2.07. The van der Waals surface area contributed by atoms with Gasteiger partial charge in [-0.15, -0.1) is 5.10 Å². The second kappa shape index (κ2) is 8.53. The maximum Gasteiger partial charge on any atom is 0.229 e. The number of benzene rings is 1. The summed E-state index contributed by atoms with van der Waals surface area (Å²) in [5.41, 5.74) is 1.84. The first-order valence-electron chi connectivity index (χ1n) is 7.27. The summed E-state index contributed by atoms with van der Waals surface area (Å²) >= 11 is 0. The van der Waals surface area contributed by atoms with E-state index in [0.29, 0.717) is 18.8 Å². The lowest BCUT2D eigenvalue weighted by Crippen LogP contribution is -2.15. The predicted molar refractivity (Wildman–Crippen MR) is 85.2 cm³/mol. The smallest absolute Gasteiger partial charge is 0.229 e. The minimum Gasteiger partial charge on any atom is -0.317 e. The van der Waals surface area contributed by atoms with E-state index in [9.17, 15) is 4.79 Å². The normalized spacial score (nSPS) is 9.95. The quantitative estimate of drug-likeness (QED) is 0.631. The van der Waals surface area contributed by atoms with Gasteiger partial charge in [-0.1, -0.05) is 30.3 Å². The van der Waals surface area contributed by atoms with Gasteiger partial charge in [-0.3, -0.25) is 4.79 Å². The van der Waals surface area contributed by atoms with Crippen LogP contribution in [0, 0.1) is 6.57 Å². The topological polar surface area (TPSA) is 59.2 Å². The molecule has 5 nitrogen and oxygen atoms in total. The molecule has 0 radical (unpaired) electrons. The fourth-order valence-electron chi connectivity index (χ4n) is 2.03. The standard InChI is InChI=1S/C17H18N4O/c1-18-12-6-5-9-15-10-11-16(21-20-15)19-17(22)13-14-7-3-2-4-8-14/h2-4,7-8,10-11H,5-6,9,12-13H2,(H,19,21,22). The van der Waals surface area contributed by atoms with Crippen molar-refractivity contribution in [2.45, 2.75) is 25.7 Å². The van der Waals surface area contributed by atoms with Crippen molar-refractivity contribution in [1.82, 2.24) is 10.2 Å². The Hall–Kier alpha value is -2.74. The minimum atomic E-state index is -0.106. The summed E-state index contributed by atoms with van der Waals surface area (Å²) in [6.07, 6.45) is 2.93. The molecule has 22 heavy (non-hydrogen) atoms. The van der Waals surface area contributed by atoms with Gasteiger partial charge in [-0.2, -0.15) is 5.10 Å². The number of hydrogen-bond donors (Lipinski definition) is 1. The number of carbonyl (C=O) groups excluding carboxylic acids is 1. The Labute approximate surface area is 130 Å². The molecule has 0 aliphatic carbocycles. The SMILES string of the molecule is [C-]#[N+]CCCCc1ccc(NC(=O)Cc2ccccc2)nn1. The van der Waals surface area contributed by atoms with Gasteiger partial charge in [0.15, 0.2) is 5.82 Å². The van der Waals surface area contributed by atoms with Gasteiger partial charge in [-0.05, 0) is 30.5 Å². The Balaban J connectivity index is 1.81. The number of nitrogens with zero attached hydrogens (tertiary/aromatic N) is 3. The molecule has 0 aliphatic heterocycles. The maximum absolute atomic E-state index is 11.9. The molecule has 1 N–H and O–H groups in total. The van der Waals surface area contributed by atoms with E-state index in [1.807, 2.05) is 36.4 Å². The van der Waals surface area contributed by atoms with Gasteiger partial charge < -0.3 is 10.2 Å². The van der Waals surface area contributed by atoms with Crippen LogP contribution in [0.4, 0.5) is 5.82 Å². The summed E-state index contributed by atoms with van der Waals surface area (Å²) in [5.74, 6) is 0.358. The lowest BCUT2D eigenvalue weighted by molar-refractivity contribution is -0.115. The third-order valence-electron chi connectivity index (χ3n) is 3.15. The zero-order chi connectivity index (χ0) is 15.6. The second-order valence-corrected chi connectivity index (χ2v) is 4.96. The van der Waals surface area contributed by atoms with Crippen LogP contribution in [0.3, 0.4) is 0 Å². The zero-order valence-electron chi connectivity index (χ0n) is 12.3. The Kier molecular flexibility index (Phi) is 6.06. The van der Waals surface area contributed by atoms with Gasteiger partial charge in [0, 0.05) is 6.42 Å². The Morgan fingerprint density at radius 3 is 2.59 bits per heavy atom. The van der Waals surface area contributed by atoms with Crippen LogP contribution in [-0.4, -0.2) is 22.6 Å². The molecular weight excluding hydrogens is 276 g/mol. The number of anilines is 1. The molecule has 0 saturated carbocycles. The fraction of sp³-hybridized carbons (Fsp3) is 0.294. The number of amides is 1. The molecule has 2 rings (SSSR count). The van der Waals surface area contributed by atoms with Crippen LogP contribution >= 0.6 is 0 Å². The highest BCUT2D eigenvalue weighted by molar-refractivity contribution is 5.91. The van der Waals surface area contributed by atoms with Crippen LogP contribution in [0.15, 0.2) is 42.5 Å². The molecule has 5 heteroatoms. The summed E-state index contributed by atoms with van der Waals surface area (Å²) in [5, 5.41) is 10.9. The van der Waals surface area contributed by atoms with Gasteiger partial charge >= 0.3 is 0 Å². The highest BCUT2D eigenvalue weighted by atomic mass is 16.1. The Bertz CT molecular complexity index is 632. The molecule has 1 aromatic carbocycles. The number of aromatic nitrogens is 2. The molecular formula is C17H18N4O. The van der Waals surface area contributed by atoms with Gasteiger partial charge in [-0.25, -0.2) is 6.57 Å². The molecule has 1 aromatic heterocycles. The molecule has 0 aliphatic rings. The molecule has 0 spiro atoms. The molecule has 0 fully saturated rings. The molecule has 0 unspecified atom stereocenters. The Morgan fingerprint density at radius 2 is 1.91 bits per heavy atom. The van der Waals surface area contributed by atoms with Crippen molar-refractivity contribution in [2.75, 3.05) is 11.9 Å². The van der Waals surface area contributed by atoms with Gasteiger partial charge in [0.1, 0.15) is 0 Å². The van der Waals surface area contributed by atoms with Crippen molar-refractivity contribution < 1.29 is 4.79 Å². The average Bonchev–Trinajstić information content (AvgIpc) is 2.54. The molecule has 1 amide bonds. The van der Waals surface area contributed by atoms with Gasteiger partial charge in [0.05, 0.1) is 12.1 Å². The van der Waals surface area contributed by atoms with E-state index < -0.39 is 0 Å². The lowest BCUT2D eigenvalue weighted by atomic mass is 10.1. The van der Waals surface area contributed by atoms with E-state index in [0.717, 1.165) is 30.5 Å². The first-order valence-corrected chi connectivity index (χ1v) is 7.27. The first-order chi connectivity index (χ1) is 10.8. The number of carbonyl (C=O) groups is 1. The summed E-state index contributed by atoms with van der Waals surface area (Å²) in [6, 6.07) is 13.2. The number of unbranched alkanes of at least 4 members (excludes halogenated alkanes) is 1. The van der Waals surface area contributed by atoms with Crippen LogP contribution in [0.5, 0.6) is 0 Å². The van der Waals surface area contributed by atoms with Crippen LogP contribution in [0.25, 0.3) is 4.85 Å². The van der Waals surface area contributed by atoms with Crippen molar-refractivity contribution in [3.8, 4) is 0 Å². The number of hydrogen-bond acceptors (Lipinski definition) is 3. The highest BCUT2D eigenvalue weighted by Gasteiger charge is 2.05. The number of rotatable bonds is 7. The van der Waals surface area contributed by atoms with Crippen LogP contribution in [0.2, 0.25) is 0 Å². The summed E-state index contributed by atoms with van der Waals surface area (Å²) in [6.45, 7) is 7.27. The van der Waals surface area contributed by atoms with Crippen LogP contribution in [-0.2, 0) is 17.6 Å². The molecule has 2 aromatic rings. The molecule has 0 saturated heterocycles. The zero-order valence-corrected chi connectivity index (χ0v) is 12.3. The maximum atomic E-state index is 11.9. The summed E-state index contributed by atoms with van der Waals surface area (Å²) in [7, 11) is 0. The molecule has 112 valence electrons. The number of nitrogens with one attached hydrogen (secondary N) is 1.